The zero-order valence-corrected chi connectivity index (χ0v) is 12.5. The number of ether oxygens (including phenoxy) is 1. The van der Waals surface area contributed by atoms with E-state index in [1.54, 1.807) is 20.8 Å². The Morgan fingerprint density at radius 2 is 1.81 bits per heavy atom. The van der Waals surface area contributed by atoms with Crippen molar-refractivity contribution in [3.05, 3.63) is 12.2 Å². The third kappa shape index (κ3) is 6.84. The van der Waals surface area contributed by atoms with E-state index in [0.29, 0.717) is 0 Å². The molecule has 1 heterocycles. The third-order valence-electron chi connectivity index (χ3n) is 3.15. The molecule has 0 aromatic rings. The molecule has 0 saturated carbocycles. The molecule has 21 heavy (non-hydrogen) atoms. The van der Waals surface area contributed by atoms with Crippen molar-refractivity contribution in [2.24, 2.45) is 0 Å². The SMILES string of the molecule is CC(C)(C)OC(=O)N1CCC(O)(CC=CC(F)(F)F)CC1. The largest absolute Gasteiger partial charge is 0.444 e. The normalized spacial score (nSPS) is 19.9. The van der Waals surface area contributed by atoms with E-state index in [2.05, 4.69) is 0 Å². The first-order valence-corrected chi connectivity index (χ1v) is 6.85. The smallest absolute Gasteiger partial charge is 0.410 e. The van der Waals surface area contributed by atoms with Crippen LogP contribution in [0, 0.1) is 0 Å². The molecule has 1 rings (SSSR count). The second kappa shape index (κ2) is 6.25. The van der Waals surface area contributed by atoms with Crippen molar-refractivity contribution < 1.29 is 27.8 Å². The van der Waals surface area contributed by atoms with E-state index in [4.69, 9.17) is 4.74 Å². The topological polar surface area (TPSA) is 49.8 Å². The maximum Gasteiger partial charge on any atom is 0.410 e. The van der Waals surface area contributed by atoms with Gasteiger partial charge in [0.2, 0.25) is 0 Å². The zero-order chi connectivity index (χ0) is 16.3. The lowest BCUT2D eigenvalue weighted by molar-refractivity contribution is -0.0805. The number of likely N-dealkylation sites (tertiary alicyclic amines) is 1. The van der Waals surface area contributed by atoms with Crippen LogP contribution in [-0.2, 0) is 4.74 Å². The lowest BCUT2D eigenvalue weighted by Gasteiger charge is -2.38. The molecule has 0 spiro atoms. The molecule has 0 atom stereocenters. The number of allylic oxidation sites excluding steroid dienone is 1. The predicted molar refractivity (Wildman–Crippen MR) is 71.8 cm³/mol. The Kier molecular flexibility index (Phi) is 5.30. The van der Waals surface area contributed by atoms with Crippen LogP contribution in [0.2, 0.25) is 0 Å². The molecule has 1 fully saturated rings. The first kappa shape index (κ1) is 17.8. The third-order valence-corrected chi connectivity index (χ3v) is 3.15. The van der Waals surface area contributed by atoms with Gasteiger partial charge in [-0.25, -0.2) is 4.79 Å². The molecule has 0 aromatic heterocycles. The summed E-state index contributed by atoms with van der Waals surface area (Å²) in [6.45, 7) is 5.81. The number of carbonyl (C=O) groups is 1. The lowest BCUT2D eigenvalue weighted by Crippen LogP contribution is -2.47. The van der Waals surface area contributed by atoms with Gasteiger partial charge in [-0.1, -0.05) is 6.08 Å². The second-order valence-electron chi connectivity index (χ2n) is 6.34. The van der Waals surface area contributed by atoms with Crippen molar-refractivity contribution in [3.63, 3.8) is 0 Å². The molecular weight excluding hydrogens is 287 g/mol. The Hall–Kier alpha value is -1.24. The van der Waals surface area contributed by atoms with Crippen LogP contribution in [0.5, 0.6) is 0 Å². The predicted octanol–water partition coefficient (Wildman–Crippen LogP) is 3.26. The molecule has 0 unspecified atom stereocenters. The molecule has 1 aliphatic rings. The Morgan fingerprint density at radius 3 is 2.24 bits per heavy atom. The number of amides is 1. The average molecular weight is 309 g/mol. The van der Waals surface area contributed by atoms with Gasteiger partial charge in [-0.3, -0.25) is 0 Å². The van der Waals surface area contributed by atoms with Crippen LogP contribution in [0.25, 0.3) is 0 Å². The van der Waals surface area contributed by atoms with Gasteiger partial charge < -0.3 is 14.7 Å². The molecule has 7 heteroatoms. The fourth-order valence-electron chi connectivity index (χ4n) is 2.05. The summed E-state index contributed by atoms with van der Waals surface area (Å²) in [6, 6.07) is 0. The number of halogens is 3. The number of hydrogen-bond acceptors (Lipinski definition) is 3. The minimum Gasteiger partial charge on any atom is -0.444 e. The van der Waals surface area contributed by atoms with Gasteiger partial charge in [0.15, 0.2) is 0 Å². The van der Waals surface area contributed by atoms with Gasteiger partial charge in [0.25, 0.3) is 0 Å². The summed E-state index contributed by atoms with van der Waals surface area (Å²) < 4.78 is 41.3. The highest BCUT2D eigenvalue weighted by atomic mass is 19.4. The van der Waals surface area contributed by atoms with Crippen molar-refractivity contribution >= 4 is 6.09 Å². The Bertz CT molecular complexity index is 391. The number of carbonyl (C=O) groups excluding carboxylic acids is 1. The van der Waals surface area contributed by atoms with Crippen LogP contribution in [-0.4, -0.2) is 46.6 Å². The number of rotatable bonds is 2. The summed E-state index contributed by atoms with van der Waals surface area (Å²) in [7, 11) is 0. The molecule has 1 saturated heterocycles. The fourth-order valence-corrected chi connectivity index (χ4v) is 2.05. The molecule has 4 nitrogen and oxygen atoms in total. The van der Waals surface area contributed by atoms with E-state index < -0.39 is 23.5 Å². The molecule has 0 aromatic carbocycles. The highest BCUT2D eigenvalue weighted by Crippen LogP contribution is 2.28. The minimum atomic E-state index is -4.37. The molecule has 122 valence electrons. The van der Waals surface area contributed by atoms with Crippen LogP contribution in [0.15, 0.2) is 12.2 Å². The summed E-state index contributed by atoms with van der Waals surface area (Å²) in [5.41, 5.74) is -1.79. The van der Waals surface area contributed by atoms with E-state index in [9.17, 15) is 23.1 Å². The van der Waals surface area contributed by atoms with E-state index >= 15 is 0 Å². The lowest BCUT2D eigenvalue weighted by atomic mass is 9.88. The van der Waals surface area contributed by atoms with E-state index in [1.165, 1.54) is 4.90 Å². The first-order valence-electron chi connectivity index (χ1n) is 6.85. The van der Waals surface area contributed by atoms with E-state index in [1.807, 2.05) is 0 Å². The molecule has 0 aliphatic carbocycles. The molecule has 0 radical (unpaired) electrons. The summed E-state index contributed by atoms with van der Waals surface area (Å²) in [5.74, 6) is 0. The Labute approximate surface area is 122 Å². The first-order chi connectivity index (χ1) is 9.40. The van der Waals surface area contributed by atoms with Crippen LogP contribution in [0.1, 0.15) is 40.0 Å². The molecule has 1 N–H and O–H groups in total. The Morgan fingerprint density at radius 1 is 1.29 bits per heavy atom. The van der Waals surface area contributed by atoms with Crippen LogP contribution >= 0.6 is 0 Å². The molecule has 1 amide bonds. The van der Waals surface area contributed by atoms with Crippen LogP contribution in [0.4, 0.5) is 18.0 Å². The number of hydrogen-bond donors (Lipinski definition) is 1. The van der Waals surface area contributed by atoms with Gasteiger partial charge in [-0.05, 0) is 40.0 Å². The number of aliphatic hydroxyl groups is 1. The maximum absolute atomic E-state index is 12.0. The van der Waals surface area contributed by atoms with Crippen molar-refractivity contribution in [2.45, 2.75) is 57.4 Å². The molecule has 0 bridgehead atoms. The van der Waals surface area contributed by atoms with Crippen molar-refractivity contribution in [1.82, 2.24) is 4.90 Å². The minimum absolute atomic E-state index is 0.0747. The molecular formula is C14H22F3NO3. The van der Waals surface area contributed by atoms with Gasteiger partial charge in [0, 0.05) is 19.2 Å². The highest BCUT2D eigenvalue weighted by Gasteiger charge is 2.35. The summed E-state index contributed by atoms with van der Waals surface area (Å²) in [5, 5.41) is 10.2. The average Bonchev–Trinajstić information content (AvgIpc) is 2.25. The van der Waals surface area contributed by atoms with Gasteiger partial charge in [-0.15, -0.1) is 0 Å². The zero-order valence-electron chi connectivity index (χ0n) is 12.5. The van der Waals surface area contributed by atoms with Gasteiger partial charge in [-0.2, -0.15) is 13.2 Å². The monoisotopic (exact) mass is 309 g/mol. The summed E-state index contributed by atoms with van der Waals surface area (Å²) in [6.07, 6.45) is -3.38. The van der Waals surface area contributed by atoms with Crippen LogP contribution in [0.3, 0.4) is 0 Å². The second-order valence-corrected chi connectivity index (χ2v) is 6.34. The quantitative estimate of drug-likeness (QED) is 0.797. The van der Waals surface area contributed by atoms with Gasteiger partial charge >= 0.3 is 12.3 Å². The summed E-state index contributed by atoms with van der Waals surface area (Å²) >= 11 is 0. The highest BCUT2D eigenvalue weighted by molar-refractivity contribution is 5.68. The Balaban J connectivity index is 2.47. The van der Waals surface area contributed by atoms with Crippen molar-refractivity contribution in [2.75, 3.05) is 13.1 Å². The number of nitrogens with zero attached hydrogens (tertiary/aromatic N) is 1. The standard InChI is InChI=1S/C14H22F3NO3/c1-12(2,3)21-11(19)18-9-7-13(20,8-10-18)5-4-6-14(15,16)17/h4,6,20H,5,7-10H2,1-3H3. The van der Waals surface area contributed by atoms with E-state index in [-0.39, 0.29) is 38.4 Å². The van der Waals surface area contributed by atoms with Gasteiger partial charge in [0.05, 0.1) is 5.60 Å². The van der Waals surface area contributed by atoms with Gasteiger partial charge in [0.1, 0.15) is 5.60 Å². The fraction of sp³-hybridized carbons (Fsp3) is 0.786. The number of alkyl halides is 3. The molecule has 1 aliphatic heterocycles. The van der Waals surface area contributed by atoms with Crippen molar-refractivity contribution in [1.29, 1.82) is 0 Å². The maximum atomic E-state index is 12.0. The summed E-state index contributed by atoms with van der Waals surface area (Å²) in [4.78, 5) is 13.3. The van der Waals surface area contributed by atoms with Crippen molar-refractivity contribution in [3.8, 4) is 0 Å². The number of piperidine rings is 1. The van der Waals surface area contributed by atoms with E-state index in [0.717, 1.165) is 6.08 Å². The van der Waals surface area contributed by atoms with Crippen LogP contribution < -0.4 is 0 Å².